The Morgan fingerprint density at radius 1 is 1.06 bits per heavy atom. The lowest BCUT2D eigenvalue weighted by Crippen LogP contribution is -2.49. The fraction of sp³-hybridized carbons (Fsp3) is 0.450. The first-order valence-electron chi connectivity index (χ1n) is 9.32. The van der Waals surface area contributed by atoms with Gasteiger partial charge in [0.15, 0.2) is 0 Å². The van der Waals surface area contributed by atoms with Gasteiger partial charge in [0.05, 0.1) is 17.2 Å². The molecule has 1 saturated heterocycles. The summed E-state index contributed by atoms with van der Waals surface area (Å²) >= 11 is 3.00. The molecule has 2 aromatic rings. The average Bonchev–Trinajstić information content (AvgIpc) is 2.62. The van der Waals surface area contributed by atoms with Crippen LogP contribution in [0.3, 0.4) is 0 Å². The second-order valence-corrected chi connectivity index (χ2v) is 8.43. The Balaban J connectivity index is 1.99. The largest absolute Gasteiger partial charge is 0.416 e. The van der Waals surface area contributed by atoms with E-state index in [1.807, 2.05) is 0 Å². The van der Waals surface area contributed by atoms with Crippen LogP contribution in [-0.2, 0) is 18.8 Å². The predicted octanol–water partition coefficient (Wildman–Crippen LogP) is 5.45. The molecular weight excluding hydrogens is 497 g/mol. The van der Waals surface area contributed by atoms with Crippen molar-refractivity contribution in [1.82, 2.24) is 9.47 Å². The lowest BCUT2D eigenvalue weighted by Gasteiger charge is -2.34. The van der Waals surface area contributed by atoms with Gasteiger partial charge in [0.2, 0.25) is 0 Å². The number of halogens is 8. The smallest absolute Gasteiger partial charge is 0.308 e. The molecule has 1 fully saturated rings. The van der Waals surface area contributed by atoms with Crippen molar-refractivity contribution in [2.75, 3.05) is 19.6 Å². The van der Waals surface area contributed by atoms with Gasteiger partial charge in [-0.15, -0.1) is 0 Å². The third kappa shape index (κ3) is 5.49. The Kier molecular flexibility index (Phi) is 6.57. The van der Waals surface area contributed by atoms with E-state index in [0.717, 1.165) is 22.9 Å². The van der Waals surface area contributed by atoms with Crippen molar-refractivity contribution in [1.29, 1.82) is 0 Å². The molecule has 0 N–H and O–H groups in total. The third-order valence-corrected chi connectivity index (χ3v) is 5.68. The summed E-state index contributed by atoms with van der Waals surface area (Å²) in [6, 6.07) is 2.63. The second kappa shape index (κ2) is 8.57. The van der Waals surface area contributed by atoms with Crippen molar-refractivity contribution >= 4 is 15.9 Å². The summed E-state index contributed by atoms with van der Waals surface area (Å²) in [6.45, 7) is 1.87. The fourth-order valence-corrected chi connectivity index (χ4v) is 4.01. The van der Waals surface area contributed by atoms with Crippen molar-refractivity contribution in [3.8, 4) is 0 Å². The molecule has 170 valence electrons. The van der Waals surface area contributed by atoms with E-state index >= 15 is 0 Å². The topological polar surface area (TPSA) is 25.2 Å². The van der Waals surface area contributed by atoms with Crippen LogP contribution in [0.1, 0.15) is 35.2 Å². The fourth-order valence-electron chi connectivity index (χ4n) is 3.50. The second-order valence-electron chi connectivity index (χ2n) is 7.51. The zero-order valence-corrected chi connectivity index (χ0v) is 17.8. The van der Waals surface area contributed by atoms with Gasteiger partial charge in [0.25, 0.3) is 5.56 Å². The summed E-state index contributed by atoms with van der Waals surface area (Å²) in [7, 11) is 0. The zero-order valence-electron chi connectivity index (χ0n) is 16.2. The summed E-state index contributed by atoms with van der Waals surface area (Å²) in [5.74, 6) is 0. The average molecular weight is 515 g/mol. The van der Waals surface area contributed by atoms with E-state index in [2.05, 4.69) is 15.9 Å². The van der Waals surface area contributed by atoms with Gasteiger partial charge in [-0.25, -0.2) is 4.39 Å². The van der Waals surface area contributed by atoms with Crippen LogP contribution in [-0.4, -0.2) is 35.3 Å². The van der Waals surface area contributed by atoms with Crippen molar-refractivity contribution in [2.24, 2.45) is 0 Å². The van der Waals surface area contributed by atoms with Crippen LogP contribution in [0.4, 0.5) is 30.7 Å². The van der Waals surface area contributed by atoms with Crippen LogP contribution in [0.5, 0.6) is 0 Å². The minimum absolute atomic E-state index is 0.0825. The van der Waals surface area contributed by atoms with E-state index in [1.54, 1.807) is 4.90 Å². The van der Waals surface area contributed by atoms with Crippen LogP contribution >= 0.6 is 15.9 Å². The van der Waals surface area contributed by atoms with E-state index in [4.69, 9.17) is 0 Å². The molecule has 0 spiro atoms. The van der Waals surface area contributed by atoms with E-state index in [1.165, 1.54) is 13.0 Å². The van der Waals surface area contributed by atoms with Gasteiger partial charge < -0.3 is 4.57 Å². The van der Waals surface area contributed by atoms with Gasteiger partial charge in [-0.1, -0.05) is 15.9 Å². The Hall–Kier alpha value is -1.88. The highest BCUT2D eigenvalue weighted by molar-refractivity contribution is 9.10. The molecule has 0 aliphatic carbocycles. The number of pyridine rings is 1. The Morgan fingerprint density at radius 2 is 1.71 bits per heavy atom. The summed E-state index contributed by atoms with van der Waals surface area (Å²) in [6.07, 6.45) is -9.44. The zero-order chi connectivity index (χ0) is 23.1. The van der Waals surface area contributed by atoms with Crippen molar-refractivity contribution in [3.05, 3.63) is 67.5 Å². The lowest BCUT2D eigenvalue weighted by atomic mass is 10.0. The maximum atomic E-state index is 13.5. The maximum Gasteiger partial charge on any atom is 0.416 e. The number of hydrogen-bond acceptors (Lipinski definition) is 2. The SMILES string of the molecule is CC(c1cc(Br)cc(C(F)(F)F)c1)n1cc(CCN2CC(F)C2)c(C(F)(F)F)cc1=O. The number of likely N-dealkylation sites (tertiary alicyclic amines) is 1. The van der Waals surface area contributed by atoms with Gasteiger partial charge in [-0.3, -0.25) is 9.69 Å². The minimum Gasteiger partial charge on any atom is -0.308 e. The minimum atomic E-state index is -4.77. The summed E-state index contributed by atoms with van der Waals surface area (Å²) in [5, 5.41) is 0. The Labute approximate surface area is 181 Å². The highest BCUT2D eigenvalue weighted by atomic mass is 79.9. The molecule has 1 atom stereocenters. The van der Waals surface area contributed by atoms with Gasteiger partial charge >= 0.3 is 12.4 Å². The molecule has 31 heavy (non-hydrogen) atoms. The first kappa shape index (κ1) is 23.8. The van der Waals surface area contributed by atoms with E-state index in [0.29, 0.717) is 6.07 Å². The molecule has 3 rings (SSSR count). The van der Waals surface area contributed by atoms with Crippen molar-refractivity contribution < 1.29 is 30.7 Å². The van der Waals surface area contributed by atoms with Gasteiger partial charge in [0, 0.05) is 36.4 Å². The van der Waals surface area contributed by atoms with Gasteiger partial charge in [-0.2, -0.15) is 26.3 Å². The molecule has 3 nitrogen and oxygen atoms in total. The molecule has 11 heteroatoms. The predicted molar refractivity (Wildman–Crippen MR) is 104 cm³/mol. The lowest BCUT2D eigenvalue weighted by molar-refractivity contribution is -0.139. The van der Waals surface area contributed by atoms with Gasteiger partial charge in [-0.05, 0) is 42.7 Å². The summed E-state index contributed by atoms with van der Waals surface area (Å²) in [5.41, 5.74) is -3.08. The van der Waals surface area contributed by atoms with Gasteiger partial charge in [0.1, 0.15) is 6.17 Å². The number of aromatic nitrogens is 1. The molecule has 1 unspecified atom stereocenters. The highest BCUT2D eigenvalue weighted by Gasteiger charge is 2.36. The first-order valence-corrected chi connectivity index (χ1v) is 10.1. The standard InChI is InChI=1S/C20H18BrF7N2O/c1-11(13-4-14(19(23,24)25)6-15(21)5-13)30-8-12(2-3-29-9-16(22)10-29)17(7-18(30)31)20(26,27)28/h4-8,11,16H,2-3,9-10H2,1H3. The molecule has 1 aliphatic heterocycles. The molecule has 0 saturated carbocycles. The molecule has 2 heterocycles. The number of alkyl halides is 7. The number of nitrogens with zero attached hydrogens (tertiary/aromatic N) is 2. The summed E-state index contributed by atoms with van der Waals surface area (Å²) < 4.78 is 93.9. The van der Waals surface area contributed by atoms with E-state index in [9.17, 15) is 35.5 Å². The van der Waals surface area contributed by atoms with Crippen molar-refractivity contribution in [2.45, 2.75) is 37.9 Å². The normalized spacial score (nSPS) is 16.9. The first-order chi connectivity index (χ1) is 14.3. The summed E-state index contributed by atoms with van der Waals surface area (Å²) in [4.78, 5) is 14.1. The monoisotopic (exact) mass is 514 g/mol. The number of benzene rings is 1. The van der Waals surface area contributed by atoms with Crippen LogP contribution in [0.15, 0.2) is 39.7 Å². The molecule has 0 radical (unpaired) electrons. The van der Waals surface area contributed by atoms with Crippen molar-refractivity contribution in [3.63, 3.8) is 0 Å². The third-order valence-electron chi connectivity index (χ3n) is 5.23. The maximum absolute atomic E-state index is 13.5. The highest BCUT2D eigenvalue weighted by Crippen LogP contribution is 2.35. The van der Waals surface area contributed by atoms with Crippen LogP contribution in [0.2, 0.25) is 0 Å². The number of rotatable bonds is 5. The van der Waals surface area contributed by atoms with Crippen LogP contribution in [0, 0.1) is 0 Å². The molecule has 1 aromatic carbocycles. The molecule has 1 aliphatic rings. The quantitative estimate of drug-likeness (QED) is 0.495. The Bertz CT molecular complexity index is 1010. The van der Waals surface area contributed by atoms with Crippen LogP contribution in [0.25, 0.3) is 0 Å². The molecule has 1 aromatic heterocycles. The van der Waals surface area contributed by atoms with E-state index in [-0.39, 0.29) is 41.7 Å². The Morgan fingerprint density at radius 3 is 2.26 bits per heavy atom. The molecule has 0 bridgehead atoms. The van der Waals surface area contributed by atoms with E-state index < -0.39 is 41.3 Å². The number of hydrogen-bond donors (Lipinski definition) is 0. The van der Waals surface area contributed by atoms with Crippen LogP contribution < -0.4 is 5.56 Å². The molecule has 0 amide bonds. The molecular formula is C20H18BrF7N2O.